The monoisotopic (exact) mass is 582 g/mol. The van der Waals surface area contributed by atoms with Crippen LogP contribution in [0.1, 0.15) is 105 Å². The first-order valence-electron chi connectivity index (χ1n) is 16.2. The molecule has 0 aliphatic heterocycles. The van der Waals surface area contributed by atoms with Gasteiger partial charge in [-0.3, -0.25) is 0 Å². The molecule has 0 unspecified atom stereocenters. The van der Waals surface area contributed by atoms with Gasteiger partial charge in [0.1, 0.15) is 0 Å². The van der Waals surface area contributed by atoms with Crippen molar-refractivity contribution in [2.45, 2.75) is 83.1 Å². The minimum atomic E-state index is -0.0714. The van der Waals surface area contributed by atoms with E-state index in [9.17, 15) is 0 Å². The molecule has 44 heavy (non-hydrogen) atoms. The number of hydrogen-bond donors (Lipinski definition) is 0. The van der Waals surface area contributed by atoms with Gasteiger partial charge in [0.15, 0.2) is 0 Å². The molecule has 0 spiro atoms. The summed E-state index contributed by atoms with van der Waals surface area (Å²) >= 11 is 0. The SMILES string of the molecule is CC(C)(C)C(=C(c1ccccc1)c1cccc(-c2ccccc2)c1C(=C(C(C)(C)C)C(C)(C)C)c1ccccc1)C(C)(C)C. The normalized spacial score (nSPS) is 12.5. The molecule has 0 heterocycles. The van der Waals surface area contributed by atoms with Gasteiger partial charge in [-0.15, -0.1) is 0 Å². The lowest BCUT2D eigenvalue weighted by Crippen LogP contribution is -2.26. The topological polar surface area (TPSA) is 0 Å². The van der Waals surface area contributed by atoms with E-state index in [4.69, 9.17) is 0 Å². The molecular weight excluding hydrogens is 528 g/mol. The standard InChI is InChI=1S/C44H54/c1-41(2,3)39(42(4,5)6)36(32-25-18-14-19-26-32)35-30-22-29-34(31-23-16-13-17-24-31)38(35)37(33-27-20-15-21-28-33)40(43(7,8)9)44(10,11)12/h13-30H,1-12H3. The fourth-order valence-corrected chi connectivity index (χ4v) is 7.70. The van der Waals surface area contributed by atoms with E-state index >= 15 is 0 Å². The second-order valence-electron chi connectivity index (χ2n) is 16.3. The van der Waals surface area contributed by atoms with Crippen LogP contribution in [0.5, 0.6) is 0 Å². The van der Waals surface area contributed by atoms with Crippen LogP contribution in [0.4, 0.5) is 0 Å². The van der Waals surface area contributed by atoms with Gasteiger partial charge in [-0.2, -0.15) is 0 Å². The van der Waals surface area contributed by atoms with Crippen molar-refractivity contribution in [3.8, 4) is 11.1 Å². The van der Waals surface area contributed by atoms with Crippen molar-refractivity contribution < 1.29 is 0 Å². The second-order valence-corrected chi connectivity index (χ2v) is 16.3. The molecule has 0 fully saturated rings. The summed E-state index contributed by atoms with van der Waals surface area (Å²) < 4.78 is 0. The van der Waals surface area contributed by atoms with E-state index in [0.29, 0.717) is 0 Å². The molecule has 4 rings (SSSR count). The summed E-state index contributed by atoms with van der Waals surface area (Å²) in [6, 6.07) is 40.1. The van der Waals surface area contributed by atoms with E-state index in [-0.39, 0.29) is 21.7 Å². The van der Waals surface area contributed by atoms with E-state index in [1.807, 2.05) is 0 Å². The lowest BCUT2D eigenvalue weighted by molar-refractivity contribution is 0.364. The quantitative estimate of drug-likeness (QED) is 0.219. The summed E-state index contributed by atoms with van der Waals surface area (Å²) in [5.74, 6) is 0. The minimum Gasteiger partial charge on any atom is -0.0622 e. The highest BCUT2D eigenvalue weighted by Gasteiger charge is 2.37. The first kappa shape index (κ1) is 33.3. The summed E-state index contributed by atoms with van der Waals surface area (Å²) in [6.07, 6.45) is 0. The van der Waals surface area contributed by atoms with Crippen molar-refractivity contribution in [3.63, 3.8) is 0 Å². The van der Waals surface area contributed by atoms with Crippen LogP contribution in [0.2, 0.25) is 0 Å². The van der Waals surface area contributed by atoms with E-state index in [1.165, 1.54) is 55.7 Å². The van der Waals surface area contributed by atoms with Crippen molar-refractivity contribution in [3.05, 3.63) is 143 Å². The molecule has 0 N–H and O–H groups in total. The highest BCUT2D eigenvalue weighted by Crippen LogP contribution is 2.52. The van der Waals surface area contributed by atoms with Crippen LogP contribution in [0.25, 0.3) is 22.3 Å². The first-order chi connectivity index (χ1) is 20.4. The van der Waals surface area contributed by atoms with E-state index in [2.05, 4.69) is 192 Å². The molecule has 0 aliphatic carbocycles. The third-order valence-electron chi connectivity index (χ3n) is 8.29. The molecule has 0 heteroatoms. The Labute approximate surface area is 269 Å². The zero-order valence-corrected chi connectivity index (χ0v) is 29.4. The third-order valence-corrected chi connectivity index (χ3v) is 8.29. The Morgan fingerprint density at radius 3 is 1.14 bits per heavy atom. The molecule has 0 nitrogen and oxygen atoms in total. The molecule has 0 amide bonds. The van der Waals surface area contributed by atoms with Gasteiger partial charge in [0, 0.05) is 0 Å². The fraction of sp³-hybridized carbons (Fsp3) is 0.364. The average molecular weight is 583 g/mol. The number of rotatable bonds is 5. The zero-order valence-electron chi connectivity index (χ0n) is 29.4. The predicted octanol–water partition coefficient (Wildman–Crippen LogP) is 13.1. The lowest BCUT2D eigenvalue weighted by Gasteiger charge is -2.40. The summed E-state index contributed by atoms with van der Waals surface area (Å²) in [5, 5.41) is 0. The summed E-state index contributed by atoms with van der Waals surface area (Å²) in [7, 11) is 0. The fourth-order valence-electron chi connectivity index (χ4n) is 7.70. The van der Waals surface area contributed by atoms with Gasteiger partial charge >= 0.3 is 0 Å². The van der Waals surface area contributed by atoms with Crippen LogP contribution in [-0.4, -0.2) is 0 Å². The maximum atomic E-state index is 2.38. The number of allylic oxidation sites excluding steroid dienone is 2. The van der Waals surface area contributed by atoms with Gasteiger partial charge in [0.05, 0.1) is 0 Å². The highest BCUT2D eigenvalue weighted by molar-refractivity contribution is 5.99. The Bertz CT molecular complexity index is 1590. The molecule has 230 valence electrons. The molecule has 4 aromatic rings. The van der Waals surface area contributed by atoms with Crippen LogP contribution in [0, 0.1) is 21.7 Å². The Hall–Kier alpha value is -3.64. The third kappa shape index (κ3) is 7.18. The predicted molar refractivity (Wildman–Crippen MR) is 195 cm³/mol. The minimum absolute atomic E-state index is 0.0586. The summed E-state index contributed by atoms with van der Waals surface area (Å²) in [6.45, 7) is 28.5. The van der Waals surface area contributed by atoms with Gasteiger partial charge in [-0.25, -0.2) is 0 Å². The van der Waals surface area contributed by atoms with Gasteiger partial charge < -0.3 is 0 Å². The lowest BCUT2D eigenvalue weighted by atomic mass is 9.64. The van der Waals surface area contributed by atoms with Gasteiger partial charge in [0.25, 0.3) is 0 Å². The average Bonchev–Trinajstić information content (AvgIpc) is 2.93. The maximum Gasteiger partial charge on any atom is -0.00206 e. The highest BCUT2D eigenvalue weighted by atomic mass is 14.4. The van der Waals surface area contributed by atoms with Crippen LogP contribution in [0.3, 0.4) is 0 Å². The molecule has 0 radical (unpaired) electrons. The smallest absolute Gasteiger partial charge is 0.00206 e. The number of hydrogen-bond acceptors (Lipinski definition) is 0. The summed E-state index contributed by atoms with van der Waals surface area (Å²) in [5.41, 5.74) is 13.0. The maximum absolute atomic E-state index is 2.38. The van der Waals surface area contributed by atoms with Crippen molar-refractivity contribution in [1.29, 1.82) is 0 Å². The van der Waals surface area contributed by atoms with Crippen molar-refractivity contribution in [1.82, 2.24) is 0 Å². The molecule has 0 bridgehead atoms. The van der Waals surface area contributed by atoms with E-state index < -0.39 is 0 Å². The van der Waals surface area contributed by atoms with Crippen LogP contribution in [-0.2, 0) is 0 Å². The van der Waals surface area contributed by atoms with Gasteiger partial charge in [-0.05, 0) is 66.2 Å². The summed E-state index contributed by atoms with van der Waals surface area (Å²) in [4.78, 5) is 0. The first-order valence-corrected chi connectivity index (χ1v) is 16.2. The van der Waals surface area contributed by atoms with Crippen molar-refractivity contribution in [2.75, 3.05) is 0 Å². The Kier molecular flexibility index (Phi) is 9.37. The zero-order chi connectivity index (χ0) is 32.5. The Morgan fingerprint density at radius 1 is 0.364 bits per heavy atom. The van der Waals surface area contributed by atoms with E-state index in [0.717, 1.165) is 0 Å². The van der Waals surface area contributed by atoms with Gasteiger partial charge in [-0.1, -0.05) is 203 Å². The molecule has 0 saturated carbocycles. The molecule has 0 saturated heterocycles. The second kappa shape index (κ2) is 12.4. The molecule has 0 aromatic heterocycles. The van der Waals surface area contributed by atoms with Crippen molar-refractivity contribution in [2.24, 2.45) is 21.7 Å². The molecule has 0 aliphatic rings. The Morgan fingerprint density at radius 2 is 0.727 bits per heavy atom. The molecule has 0 atom stereocenters. The van der Waals surface area contributed by atoms with Crippen LogP contribution in [0.15, 0.2) is 120 Å². The van der Waals surface area contributed by atoms with Gasteiger partial charge in [0.2, 0.25) is 0 Å². The van der Waals surface area contributed by atoms with Crippen LogP contribution < -0.4 is 0 Å². The Balaban J connectivity index is 2.41. The largest absolute Gasteiger partial charge is 0.0622 e. The van der Waals surface area contributed by atoms with E-state index in [1.54, 1.807) is 0 Å². The molecular formula is C44H54. The molecule has 4 aromatic carbocycles. The number of benzene rings is 4. The van der Waals surface area contributed by atoms with Crippen LogP contribution >= 0.6 is 0 Å². The van der Waals surface area contributed by atoms with Crippen molar-refractivity contribution >= 4 is 11.1 Å².